The molecule has 0 spiro atoms. The molecule has 0 radical (unpaired) electrons. The number of rotatable bonds is 4. The Labute approximate surface area is 126 Å². The maximum absolute atomic E-state index is 11.9. The van der Waals surface area contributed by atoms with E-state index >= 15 is 0 Å². The first kappa shape index (κ1) is 14.2. The van der Waals surface area contributed by atoms with Crippen molar-refractivity contribution in [1.29, 1.82) is 0 Å². The molecule has 114 valence electrons. The van der Waals surface area contributed by atoms with Crippen LogP contribution in [0.5, 0.6) is 5.75 Å². The van der Waals surface area contributed by atoms with Gasteiger partial charge in [0, 0.05) is 12.6 Å². The van der Waals surface area contributed by atoms with Crippen LogP contribution in [0.15, 0.2) is 18.2 Å². The van der Waals surface area contributed by atoms with Crippen molar-refractivity contribution in [2.75, 3.05) is 13.7 Å². The Morgan fingerprint density at radius 1 is 1.33 bits per heavy atom. The highest BCUT2D eigenvalue weighted by molar-refractivity contribution is 5.74. The summed E-state index contributed by atoms with van der Waals surface area (Å²) in [4.78, 5) is 11.9. The van der Waals surface area contributed by atoms with E-state index in [0.717, 1.165) is 43.9 Å². The molecule has 1 atom stereocenters. The van der Waals surface area contributed by atoms with E-state index in [1.165, 1.54) is 24.0 Å². The van der Waals surface area contributed by atoms with Crippen molar-refractivity contribution in [2.24, 2.45) is 5.92 Å². The molecule has 0 bridgehead atoms. The van der Waals surface area contributed by atoms with Crippen molar-refractivity contribution < 1.29 is 9.53 Å². The highest BCUT2D eigenvalue weighted by atomic mass is 16.5. The predicted molar refractivity (Wildman–Crippen MR) is 82.7 cm³/mol. The van der Waals surface area contributed by atoms with Crippen LogP contribution < -0.4 is 15.4 Å². The number of amides is 2. The number of benzene rings is 1. The first-order valence-corrected chi connectivity index (χ1v) is 7.95. The van der Waals surface area contributed by atoms with E-state index < -0.39 is 0 Å². The number of fused-ring (bicyclic) bond motifs is 1. The van der Waals surface area contributed by atoms with Crippen LogP contribution in [0.2, 0.25) is 0 Å². The van der Waals surface area contributed by atoms with Crippen LogP contribution >= 0.6 is 0 Å². The molecule has 1 unspecified atom stereocenters. The van der Waals surface area contributed by atoms with E-state index in [0.29, 0.717) is 0 Å². The van der Waals surface area contributed by atoms with Crippen LogP contribution in [0.3, 0.4) is 0 Å². The van der Waals surface area contributed by atoms with E-state index in [1.807, 2.05) is 12.1 Å². The summed E-state index contributed by atoms with van der Waals surface area (Å²) in [5.41, 5.74) is 2.61. The molecule has 1 saturated carbocycles. The lowest BCUT2D eigenvalue weighted by Gasteiger charge is -2.18. The second-order valence-corrected chi connectivity index (χ2v) is 6.19. The number of hydrogen-bond acceptors (Lipinski definition) is 2. The molecule has 1 aromatic rings. The lowest BCUT2D eigenvalue weighted by Crippen LogP contribution is -2.43. The minimum atomic E-state index is -0.0155. The number of methoxy groups -OCH3 is 1. The average Bonchev–Trinajstić information content (AvgIpc) is 3.31. The van der Waals surface area contributed by atoms with Gasteiger partial charge in [-0.15, -0.1) is 0 Å². The van der Waals surface area contributed by atoms with Gasteiger partial charge in [0.15, 0.2) is 0 Å². The topological polar surface area (TPSA) is 50.4 Å². The zero-order valence-corrected chi connectivity index (χ0v) is 12.7. The van der Waals surface area contributed by atoms with Gasteiger partial charge in [0.25, 0.3) is 0 Å². The van der Waals surface area contributed by atoms with E-state index in [1.54, 1.807) is 7.11 Å². The Bertz CT molecular complexity index is 512. The fraction of sp³-hybridized carbons (Fsp3) is 0.588. The molecule has 0 aliphatic heterocycles. The molecular weight excluding hydrogens is 264 g/mol. The van der Waals surface area contributed by atoms with E-state index in [9.17, 15) is 4.79 Å². The highest BCUT2D eigenvalue weighted by Crippen LogP contribution is 2.29. The lowest BCUT2D eigenvalue weighted by molar-refractivity contribution is 0.235. The van der Waals surface area contributed by atoms with Gasteiger partial charge in [0.2, 0.25) is 0 Å². The summed E-state index contributed by atoms with van der Waals surface area (Å²) in [5.74, 6) is 1.70. The van der Waals surface area contributed by atoms with Crippen LogP contribution in [0.1, 0.15) is 36.8 Å². The molecule has 3 rings (SSSR count). The quantitative estimate of drug-likeness (QED) is 0.837. The Morgan fingerprint density at radius 2 is 2.19 bits per heavy atom. The van der Waals surface area contributed by atoms with E-state index in [-0.39, 0.29) is 12.1 Å². The number of carbonyl (C=O) groups is 1. The van der Waals surface area contributed by atoms with Crippen molar-refractivity contribution in [3.8, 4) is 5.75 Å². The van der Waals surface area contributed by atoms with Crippen molar-refractivity contribution in [3.05, 3.63) is 29.3 Å². The number of ether oxygens (including phenoxy) is 1. The first-order valence-electron chi connectivity index (χ1n) is 7.95. The summed E-state index contributed by atoms with van der Waals surface area (Å²) >= 11 is 0. The molecule has 1 fully saturated rings. The monoisotopic (exact) mass is 288 g/mol. The molecule has 0 heterocycles. The van der Waals surface area contributed by atoms with Crippen LogP contribution in [0.25, 0.3) is 0 Å². The summed E-state index contributed by atoms with van der Waals surface area (Å²) in [6.45, 7) is 0.822. The fourth-order valence-corrected chi connectivity index (χ4v) is 3.09. The number of urea groups is 1. The Kier molecular flexibility index (Phi) is 4.32. The second kappa shape index (κ2) is 6.37. The van der Waals surface area contributed by atoms with Crippen molar-refractivity contribution in [3.63, 3.8) is 0 Å². The third kappa shape index (κ3) is 3.69. The molecule has 1 aromatic carbocycles. The van der Waals surface area contributed by atoms with Gasteiger partial charge in [-0.05, 0) is 61.6 Å². The maximum atomic E-state index is 11.9. The zero-order chi connectivity index (χ0) is 14.7. The lowest BCUT2D eigenvalue weighted by atomic mass is 10.0. The van der Waals surface area contributed by atoms with Crippen molar-refractivity contribution in [1.82, 2.24) is 10.6 Å². The molecule has 2 aliphatic carbocycles. The van der Waals surface area contributed by atoms with Crippen LogP contribution in [0, 0.1) is 5.92 Å². The molecule has 2 aliphatic rings. The molecule has 4 heteroatoms. The van der Waals surface area contributed by atoms with Gasteiger partial charge < -0.3 is 15.4 Å². The third-order valence-electron chi connectivity index (χ3n) is 4.48. The molecule has 0 saturated heterocycles. The number of hydrogen-bond donors (Lipinski definition) is 2. The molecule has 4 nitrogen and oxygen atoms in total. The fourth-order valence-electron chi connectivity index (χ4n) is 3.09. The van der Waals surface area contributed by atoms with E-state index in [2.05, 4.69) is 16.7 Å². The standard InChI is InChI=1S/C17H24N2O2/c1-21-16-7-2-4-13-10-14(5-3-6-15(13)16)19-17(20)18-11-12-8-9-12/h2,4,7,12,14H,3,5-6,8-11H2,1H3,(H2,18,19,20). The summed E-state index contributed by atoms with van der Waals surface area (Å²) < 4.78 is 5.46. The van der Waals surface area contributed by atoms with Crippen LogP contribution in [-0.4, -0.2) is 25.7 Å². The second-order valence-electron chi connectivity index (χ2n) is 6.19. The molecule has 0 aromatic heterocycles. The normalized spacial score (nSPS) is 21.1. The minimum Gasteiger partial charge on any atom is -0.496 e. The Morgan fingerprint density at radius 3 is 2.95 bits per heavy atom. The van der Waals surface area contributed by atoms with Crippen LogP contribution in [0.4, 0.5) is 4.79 Å². The van der Waals surface area contributed by atoms with Gasteiger partial charge >= 0.3 is 6.03 Å². The smallest absolute Gasteiger partial charge is 0.315 e. The highest BCUT2D eigenvalue weighted by Gasteiger charge is 2.23. The maximum Gasteiger partial charge on any atom is 0.315 e. The minimum absolute atomic E-state index is 0.0155. The molecule has 2 N–H and O–H groups in total. The van der Waals surface area contributed by atoms with Crippen molar-refractivity contribution >= 4 is 6.03 Å². The molecule has 21 heavy (non-hydrogen) atoms. The average molecular weight is 288 g/mol. The van der Waals surface area contributed by atoms with Crippen LogP contribution in [-0.2, 0) is 12.8 Å². The van der Waals surface area contributed by atoms with Crippen molar-refractivity contribution in [2.45, 2.75) is 44.6 Å². The summed E-state index contributed by atoms with van der Waals surface area (Å²) in [7, 11) is 1.72. The van der Waals surface area contributed by atoms with Gasteiger partial charge in [0.1, 0.15) is 5.75 Å². The van der Waals surface area contributed by atoms with Gasteiger partial charge in [-0.2, -0.15) is 0 Å². The number of nitrogens with one attached hydrogen (secondary N) is 2. The van der Waals surface area contributed by atoms with Gasteiger partial charge in [-0.1, -0.05) is 12.1 Å². The molecular formula is C17H24N2O2. The summed E-state index contributed by atoms with van der Waals surface area (Å²) in [6.07, 6.45) is 6.55. The van der Waals surface area contributed by atoms with Gasteiger partial charge in [-0.3, -0.25) is 0 Å². The summed E-state index contributed by atoms with van der Waals surface area (Å²) in [5, 5.41) is 6.11. The van der Waals surface area contributed by atoms with Gasteiger partial charge in [-0.25, -0.2) is 4.79 Å². The number of carbonyl (C=O) groups excluding carboxylic acids is 1. The Hall–Kier alpha value is -1.71. The van der Waals surface area contributed by atoms with Gasteiger partial charge in [0.05, 0.1) is 7.11 Å². The largest absolute Gasteiger partial charge is 0.496 e. The first-order chi connectivity index (χ1) is 10.3. The summed E-state index contributed by atoms with van der Waals surface area (Å²) in [6, 6.07) is 6.41. The third-order valence-corrected chi connectivity index (χ3v) is 4.48. The molecule has 2 amide bonds. The zero-order valence-electron chi connectivity index (χ0n) is 12.7. The Balaban J connectivity index is 1.60. The predicted octanol–water partition coefficient (Wildman–Crippen LogP) is 2.65. The van der Waals surface area contributed by atoms with E-state index in [4.69, 9.17) is 4.74 Å². The SMILES string of the molecule is COc1cccc2c1CCCC(NC(=O)NCC1CC1)C2.